The molecule has 1 heterocycles. The number of likely N-dealkylation sites (tertiary alicyclic amines) is 1. The van der Waals surface area contributed by atoms with Crippen molar-refractivity contribution in [3.05, 3.63) is 0 Å². The van der Waals surface area contributed by atoms with E-state index in [2.05, 4.69) is 0 Å². The lowest BCUT2D eigenvalue weighted by Gasteiger charge is -2.30. The smallest absolute Gasteiger partial charge is 0.471 e. The highest BCUT2D eigenvalue weighted by atomic mass is 19.4. The number of nitrogens with zero attached hydrogens (tertiary/aromatic N) is 1. The van der Waals surface area contributed by atoms with Gasteiger partial charge in [0.25, 0.3) is 0 Å². The molecule has 0 bridgehead atoms. The van der Waals surface area contributed by atoms with E-state index in [1.807, 2.05) is 0 Å². The quantitative estimate of drug-likeness (QED) is 0.741. The Balaban J connectivity index is 3.11. The third-order valence-electron chi connectivity index (χ3n) is 2.53. The Kier molecular flexibility index (Phi) is 3.50. The molecule has 1 rings (SSSR count). The van der Waals surface area contributed by atoms with Crippen LogP contribution in [0.1, 0.15) is 12.8 Å². The van der Waals surface area contributed by atoms with Gasteiger partial charge in [-0.2, -0.15) is 26.3 Å². The molecule has 18 heavy (non-hydrogen) atoms. The highest BCUT2D eigenvalue weighted by Crippen LogP contribution is 2.38. The zero-order chi connectivity index (χ0) is 14.3. The average Bonchev–Trinajstić information content (AvgIpc) is 2.57. The van der Waals surface area contributed by atoms with Crippen LogP contribution >= 0.6 is 0 Å². The van der Waals surface area contributed by atoms with Crippen LogP contribution < -0.4 is 0 Å². The van der Waals surface area contributed by atoms with Gasteiger partial charge in [0.1, 0.15) is 12.1 Å². The summed E-state index contributed by atoms with van der Waals surface area (Å²) in [6.45, 7) is 0. The summed E-state index contributed by atoms with van der Waals surface area (Å²) in [5.41, 5.74) is 0. The molecule has 104 valence electrons. The fourth-order valence-electron chi connectivity index (χ4n) is 1.80. The number of halogens is 6. The van der Waals surface area contributed by atoms with Crippen LogP contribution in [0.25, 0.3) is 0 Å². The van der Waals surface area contributed by atoms with Gasteiger partial charge in [0.2, 0.25) is 0 Å². The number of carbonyl (C=O) groups is 2. The molecule has 0 aliphatic carbocycles. The maximum absolute atomic E-state index is 12.4. The van der Waals surface area contributed by atoms with Crippen LogP contribution in [0.15, 0.2) is 0 Å². The van der Waals surface area contributed by atoms with Gasteiger partial charge in [-0.1, -0.05) is 0 Å². The second-order valence-corrected chi connectivity index (χ2v) is 3.70. The predicted molar refractivity (Wildman–Crippen MR) is 43.4 cm³/mol. The highest BCUT2D eigenvalue weighted by molar-refractivity contribution is 5.88. The van der Waals surface area contributed by atoms with E-state index in [0.717, 1.165) is 0 Å². The molecule has 1 aliphatic heterocycles. The van der Waals surface area contributed by atoms with Crippen molar-refractivity contribution >= 4 is 11.9 Å². The Bertz CT molecular complexity index is 363. The maximum Gasteiger partial charge on any atom is 0.471 e. The van der Waals surface area contributed by atoms with E-state index >= 15 is 0 Å². The van der Waals surface area contributed by atoms with Crippen molar-refractivity contribution in [2.24, 2.45) is 0 Å². The van der Waals surface area contributed by atoms with E-state index in [4.69, 9.17) is 5.11 Å². The molecule has 1 N–H and O–H groups in total. The molecule has 0 spiro atoms. The van der Waals surface area contributed by atoms with E-state index in [1.54, 1.807) is 0 Å². The Morgan fingerprint density at radius 2 is 1.56 bits per heavy atom. The summed E-state index contributed by atoms with van der Waals surface area (Å²) in [4.78, 5) is 20.8. The minimum atomic E-state index is -5.54. The van der Waals surface area contributed by atoms with Gasteiger partial charge in [-0.25, -0.2) is 4.79 Å². The molecule has 0 saturated carbocycles. The van der Waals surface area contributed by atoms with Gasteiger partial charge in [0, 0.05) is 0 Å². The first-order chi connectivity index (χ1) is 7.96. The fraction of sp³-hybridized carbons (Fsp3) is 0.750. The molecule has 1 saturated heterocycles. The largest absolute Gasteiger partial charge is 0.480 e. The van der Waals surface area contributed by atoms with E-state index in [9.17, 15) is 35.9 Å². The van der Waals surface area contributed by atoms with Crippen molar-refractivity contribution in [3.63, 3.8) is 0 Å². The van der Waals surface area contributed by atoms with Crippen LogP contribution in [0.4, 0.5) is 26.3 Å². The molecule has 1 fully saturated rings. The van der Waals surface area contributed by atoms with Gasteiger partial charge >= 0.3 is 24.2 Å². The second-order valence-electron chi connectivity index (χ2n) is 3.70. The van der Waals surface area contributed by atoms with Gasteiger partial charge in [0.15, 0.2) is 0 Å². The number of alkyl halides is 6. The third-order valence-corrected chi connectivity index (χ3v) is 2.53. The van der Waals surface area contributed by atoms with Crippen molar-refractivity contribution in [3.8, 4) is 0 Å². The summed E-state index contributed by atoms with van der Waals surface area (Å²) in [6, 6.07) is -4.82. The number of hydrogen-bond acceptors (Lipinski definition) is 2. The first-order valence-electron chi connectivity index (χ1n) is 4.65. The molecule has 2 atom stereocenters. The molecule has 0 aromatic carbocycles. The molecule has 0 unspecified atom stereocenters. The maximum atomic E-state index is 12.4. The summed E-state index contributed by atoms with van der Waals surface area (Å²) < 4.78 is 73.8. The normalized spacial score (nSPS) is 25.3. The Labute approximate surface area is 96.2 Å². The molecule has 1 amide bonds. The summed E-state index contributed by atoms with van der Waals surface area (Å²) in [6.07, 6.45) is -12.2. The van der Waals surface area contributed by atoms with Crippen LogP contribution in [0, 0.1) is 0 Å². The fourth-order valence-corrected chi connectivity index (χ4v) is 1.80. The number of aliphatic carboxylic acids is 1. The van der Waals surface area contributed by atoms with Crippen LogP contribution in [0.3, 0.4) is 0 Å². The number of carboxylic acids is 1. The Morgan fingerprint density at radius 3 is 1.89 bits per heavy atom. The van der Waals surface area contributed by atoms with Gasteiger partial charge in [-0.3, -0.25) is 4.79 Å². The molecule has 4 nitrogen and oxygen atoms in total. The van der Waals surface area contributed by atoms with Gasteiger partial charge in [-0.05, 0) is 12.8 Å². The van der Waals surface area contributed by atoms with Crippen molar-refractivity contribution in [2.45, 2.75) is 37.3 Å². The Hall–Kier alpha value is -1.48. The number of carbonyl (C=O) groups excluding carboxylic acids is 1. The summed E-state index contributed by atoms with van der Waals surface area (Å²) >= 11 is 0. The molecule has 0 aromatic heterocycles. The predicted octanol–water partition coefficient (Wildman–Crippen LogP) is 1.56. The van der Waals surface area contributed by atoms with Crippen LogP contribution in [0.2, 0.25) is 0 Å². The Morgan fingerprint density at radius 1 is 1.06 bits per heavy atom. The average molecular weight is 279 g/mol. The zero-order valence-electron chi connectivity index (χ0n) is 8.55. The lowest BCUT2D eigenvalue weighted by Crippen LogP contribution is -2.54. The molecule has 0 aromatic rings. The van der Waals surface area contributed by atoms with Gasteiger partial charge in [0.05, 0.1) is 0 Å². The first-order valence-corrected chi connectivity index (χ1v) is 4.65. The topological polar surface area (TPSA) is 57.6 Å². The number of rotatable bonds is 1. The number of amides is 1. The SMILES string of the molecule is O=C(O)[C@@H]1CC[C@H](C(F)(F)F)N1C(=O)C(F)(F)F. The molecular weight excluding hydrogens is 272 g/mol. The van der Waals surface area contributed by atoms with Crippen LogP contribution in [-0.4, -0.2) is 46.3 Å². The lowest BCUT2D eigenvalue weighted by atomic mass is 10.2. The van der Waals surface area contributed by atoms with Crippen molar-refractivity contribution in [1.82, 2.24) is 4.90 Å². The summed E-state index contributed by atoms with van der Waals surface area (Å²) in [7, 11) is 0. The minimum absolute atomic E-state index is 0.637. The second kappa shape index (κ2) is 4.32. The lowest BCUT2D eigenvalue weighted by molar-refractivity contribution is -0.212. The van der Waals surface area contributed by atoms with E-state index in [0.29, 0.717) is 0 Å². The first kappa shape index (κ1) is 14.6. The molecule has 1 aliphatic rings. The van der Waals surface area contributed by atoms with E-state index < -0.39 is 54.1 Å². The standard InChI is InChI=1S/C8H7F6NO3/c9-7(10,11)4-2-1-3(5(16)17)15(4)6(18)8(12,13)14/h3-4H,1-2H2,(H,16,17)/t3-,4+/m0/s1. The summed E-state index contributed by atoms with van der Waals surface area (Å²) in [5, 5.41) is 8.55. The van der Waals surface area contributed by atoms with Gasteiger partial charge < -0.3 is 10.0 Å². The highest BCUT2D eigenvalue weighted by Gasteiger charge is 2.58. The van der Waals surface area contributed by atoms with Crippen LogP contribution in [-0.2, 0) is 9.59 Å². The van der Waals surface area contributed by atoms with Crippen LogP contribution in [0.5, 0.6) is 0 Å². The monoisotopic (exact) mass is 279 g/mol. The minimum Gasteiger partial charge on any atom is -0.480 e. The van der Waals surface area contributed by atoms with Gasteiger partial charge in [-0.15, -0.1) is 0 Å². The molecular formula is C8H7F6NO3. The molecule has 10 heteroatoms. The van der Waals surface area contributed by atoms with E-state index in [1.165, 1.54) is 0 Å². The third kappa shape index (κ3) is 2.67. The number of carboxylic acid groups (broad SMARTS) is 1. The van der Waals surface area contributed by atoms with Crippen molar-refractivity contribution < 1.29 is 41.0 Å². The zero-order valence-corrected chi connectivity index (χ0v) is 8.55. The van der Waals surface area contributed by atoms with Crippen molar-refractivity contribution in [1.29, 1.82) is 0 Å². The summed E-state index contributed by atoms with van der Waals surface area (Å²) in [5.74, 6) is -4.67. The number of hydrogen-bond donors (Lipinski definition) is 1. The van der Waals surface area contributed by atoms with Crippen molar-refractivity contribution in [2.75, 3.05) is 0 Å². The molecule has 0 radical (unpaired) electrons. The van der Waals surface area contributed by atoms with E-state index in [-0.39, 0.29) is 0 Å².